The van der Waals surface area contributed by atoms with Crippen molar-refractivity contribution < 1.29 is 9.59 Å². The number of benzene rings is 1. The molecule has 0 saturated heterocycles. The lowest BCUT2D eigenvalue weighted by Crippen LogP contribution is -2.44. The Balaban J connectivity index is 0.00000361. The van der Waals surface area contributed by atoms with E-state index in [2.05, 4.69) is 17.2 Å². The first-order valence-corrected chi connectivity index (χ1v) is 6.35. The van der Waals surface area contributed by atoms with Crippen LogP contribution in [0.1, 0.15) is 18.9 Å². The van der Waals surface area contributed by atoms with E-state index in [4.69, 9.17) is 0 Å². The normalized spacial score (nSPS) is 11.1. The van der Waals surface area contributed by atoms with Crippen molar-refractivity contribution in [2.45, 2.75) is 25.8 Å². The van der Waals surface area contributed by atoms with Gasteiger partial charge in [0.15, 0.2) is 0 Å². The Morgan fingerprint density at radius 1 is 1.30 bits per heavy atom. The molecule has 0 aliphatic carbocycles. The van der Waals surface area contributed by atoms with E-state index in [1.165, 1.54) is 0 Å². The van der Waals surface area contributed by atoms with Crippen LogP contribution in [0.4, 0.5) is 0 Å². The second kappa shape index (κ2) is 10.2. The predicted octanol–water partition coefficient (Wildman–Crippen LogP) is 1.85. The summed E-state index contributed by atoms with van der Waals surface area (Å²) >= 11 is 0. The molecule has 0 aromatic heterocycles. The summed E-state index contributed by atoms with van der Waals surface area (Å²) in [6.07, 6.45) is 2.61. The van der Waals surface area contributed by atoms with Crippen molar-refractivity contribution in [3.8, 4) is 0 Å². The zero-order chi connectivity index (χ0) is 14.1. The van der Waals surface area contributed by atoms with Gasteiger partial charge >= 0.3 is 0 Å². The van der Waals surface area contributed by atoms with Crippen molar-refractivity contribution >= 4 is 24.2 Å². The molecule has 0 aliphatic rings. The molecule has 1 atom stereocenters. The molecule has 110 valence electrons. The molecule has 0 bridgehead atoms. The summed E-state index contributed by atoms with van der Waals surface area (Å²) in [6.45, 7) is 5.80. The molecule has 4 nitrogen and oxygen atoms in total. The number of hydrogen-bond donors (Lipinski definition) is 2. The minimum atomic E-state index is -0.404. The number of nitrogens with one attached hydrogen (secondary N) is 2. The van der Waals surface area contributed by atoms with E-state index in [0.29, 0.717) is 19.4 Å². The fourth-order valence-electron chi connectivity index (χ4n) is 1.56. The number of carbonyl (C=O) groups is 2. The smallest absolute Gasteiger partial charge is 0.243 e. The van der Waals surface area contributed by atoms with Gasteiger partial charge < -0.3 is 5.32 Å². The highest BCUT2D eigenvalue weighted by Gasteiger charge is 2.14. The van der Waals surface area contributed by atoms with Crippen molar-refractivity contribution in [2.24, 2.45) is 0 Å². The average molecular weight is 297 g/mol. The molecule has 0 spiro atoms. The van der Waals surface area contributed by atoms with Crippen LogP contribution in [-0.2, 0) is 16.0 Å². The van der Waals surface area contributed by atoms with Gasteiger partial charge in [-0.1, -0.05) is 36.4 Å². The number of hydrogen-bond acceptors (Lipinski definition) is 3. The first-order valence-electron chi connectivity index (χ1n) is 6.35. The molecular weight excluding hydrogens is 276 g/mol. The van der Waals surface area contributed by atoms with Gasteiger partial charge in [0.1, 0.15) is 0 Å². The Morgan fingerprint density at radius 3 is 2.55 bits per heavy atom. The standard InChI is InChI=1S/C15H20N2O2.ClH/c1-3-11-16-12(2)15(19)17-14(18)10-9-13-7-5-4-6-8-13;/h3-8,12,16H,1,9-11H2,2H3,(H,17,18,19);1H/t12-;/m1./s1. The number of halogens is 1. The quantitative estimate of drug-likeness (QED) is 0.755. The van der Waals surface area contributed by atoms with E-state index >= 15 is 0 Å². The Morgan fingerprint density at radius 2 is 1.95 bits per heavy atom. The molecule has 20 heavy (non-hydrogen) atoms. The number of amides is 2. The van der Waals surface area contributed by atoms with Crippen LogP contribution < -0.4 is 10.6 Å². The minimum Gasteiger partial charge on any atom is -0.303 e. The predicted molar refractivity (Wildman–Crippen MR) is 82.8 cm³/mol. The van der Waals surface area contributed by atoms with E-state index in [9.17, 15) is 9.59 Å². The Hall–Kier alpha value is -1.65. The summed E-state index contributed by atoms with van der Waals surface area (Å²) in [5.74, 6) is -0.555. The highest BCUT2D eigenvalue weighted by molar-refractivity contribution is 5.97. The molecule has 0 aliphatic heterocycles. The van der Waals surface area contributed by atoms with Crippen LogP contribution >= 0.6 is 12.4 Å². The maximum Gasteiger partial charge on any atom is 0.243 e. The van der Waals surface area contributed by atoms with E-state index in [-0.39, 0.29) is 24.2 Å². The second-order valence-corrected chi connectivity index (χ2v) is 4.32. The summed E-state index contributed by atoms with van der Waals surface area (Å²) < 4.78 is 0. The largest absolute Gasteiger partial charge is 0.303 e. The van der Waals surface area contributed by atoms with E-state index in [0.717, 1.165) is 5.56 Å². The summed E-state index contributed by atoms with van der Waals surface area (Å²) in [6, 6.07) is 9.31. The molecule has 0 unspecified atom stereocenters. The van der Waals surface area contributed by atoms with Crippen molar-refractivity contribution in [1.82, 2.24) is 10.6 Å². The monoisotopic (exact) mass is 296 g/mol. The van der Waals surface area contributed by atoms with Crippen LogP contribution in [0.15, 0.2) is 43.0 Å². The number of rotatable bonds is 7. The third kappa shape index (κ3) is 7.07. The Kier molecular flexibility index (Phi) is 9.34. The summed E-state index contributed by atoms with van der Waals surface area (Å²) in [7, 11) is 0. The SMILES string of the molecule is C=CCN[C@H](C)C(=O)NC(=O)CCc1ccccc1.Cl. The van der Waals surface area contributed by atoms with Crippen LogP contribution in [0.2, 0.25) is 0 Å². The molecule has 0 radical (unpaired) electrons. The topological polar surface area (TPSA) is 58.2 Å². The number of carbonyl (C=O) groups excluding carboxylic acids is 2. The van der Waals surface area contributed by atoms with Crippen molar-refractivity contribution in [1.29, 1.82) is 0 Å². The molecule has 0 fully saturated rings. The maximum atomic E-state index is 11.6. The van der Waals surface area contributed by atoms with Gasteiger partial charge in [0.05, 0.1) is 6.04 Å². The van der Waals surface area contributed by atoms with Crippen LogP contribution in [-0.4, -0.2) is 24.4 Å². The van der Waals surface area contributed by atoms with Gasteiger partial charge in [-0.2, -0.15) is 0 Å². The zero-order valence-corrected chi connectivity index (χ0v) is 12.4. The fourth-order valence-corrected chi connectivity index (χ4v) is 1.56. The highest BCUT2D eigenvalue weighted by Crippen LogP contribution is 2.02. The van der Waals surface area contributed by atoms with Crippen LogP contribution in [0, 0.1) is 0 Å². The lowest BCUT2D eigenvalue weighted by atomic mass is 10.1. The number of imide groups is 1. The second-order valence-electron chi connectivity index (χ2n) is 4.32. The maximum absolute atomic E-state index is 11.6. The van der Waals surface area contributed by atoms with Gasteiger partial charge in [-0.05, 0) is 18.9 Å². The van der Waals surface area contributed by atoms with Crippen molar-refractivity contribution in [3.63, 3.8) is 0 Å². The molecule has 0 saturated carbocycles. The zero-order valence-electron chi connectivity index (χ0n) is 11.6. The lowest BCUT2D eigenvalue weighted by Gasteiger charge is -2.11. The van der Waals surface area contributed by atoms with Gasteiger partial charge in [-0.25, -0.2) is 0 Å². The highest BCUT2D eigenvalue weighted by atomic mass is 35.5. The van der Waals surface area contributed by atoms with Gasteiger partial charge in [-0.15, -0.1) is 19.0 Å². The molecule has 2 amide bonds. The van der Waals surface area contributed by atoms with Crippen molar-refractivity contribution in [2.75, 3.05) is 6.54 Å². The van der Waals surface area contributed by atoms with Gasteiger partial charge in [0.2, 0.25) is 11.8 Å². The van der Waals surface area contributed by atoms with E-state index in [1.54, 1.807) is 13.0 Å². The van der Waals surface area contributed by atoms with Crippen LogP contribution in [0.3, 0.4) is 0 Å². The van der Waals surface area contributed by atoms with E-state index < -0.39 is 6.04 Å². The average Bonchev–Trinajstić information content (AvgIpc) is 2.43. The van der Waals surface area contributed by atoms with Gasteiger partial charge in [-0.3, -0.25) is 14.9 Å². The summed E-state index contributed by atoms with van der Waals surface area (Å²) in [4.78, 5) is 23.3. The lowest BCUT2D eigenvalue weighted by molar-refractivity contribution is -0.131. The van der Waals surface area contributed by atoms with Crippen LogP contribution in [0.25, 0.3) is 0 Å². The molecule has 1 rings (SSSR count). The number of aryl methyl sites for hydroxylation is 1. The molecule has 2 N–H and O–H groups in total. The van der Waals surface area contributed by atoms with Crippen molar-refractivity contribution in [3.05, 3.63) is 48.6 Å². The minimum absolute atomic E-state index is 0. The van der Waals surface area contributed by atoms with Gasteiger partial charge in [0.25, 0.3) is 0 Å². The fraction of sp³-hybridized carbons (Fsp3) is 0.333. The summed E-state index contributed by atoms with van der Waals surface area (Å²) in [5, 5.41) is 5.31. The molecule has 1 aromatic rings. The Labute approximate surface area is 126 Å². The third-order valence-corrected chi connectivity index (χ3v) is 2.71. The molecule has 1 aromatic carbocycles. The van der Waals surface area contributed by atoms with Gasteiger partial charge in [0, 0.05) is 13.0 Å². The molecule has 5 heteroatoms. The first kappa shape index (κ1) is 18.4. The molecule has 0 heterocycles. The third-order valence-electron chi connectivity index (χ3n) is 2.71. The van der Waals surface area contributed by atoms with E-state index in [1.807, 2.05) is 30.3 Å². The Bertz CT molecular complexity index is 435. The summed E-state index contributed by atoms with van der Waals surface area (Å²) in [5.41, 5.74) is 1.09. The first-order chi connectivity index (χ1) is 9.13. The molecular formula is C15H21ClN2O2. The van der Waals surface area contributed by atoms with Crippen LogP contribution in [0.5, 0.6) is 0 Å².